The van der Waals surface area contributed by atoms with E-state index in [9.17, 15) is 23.8 Å². The Hall–Kier alpha value is -0.790. The number of carbonyl (C=O) groups excluding carboxylic acids is 1. The highest BCUT2D eigenvalue weighted by molar-refractivity contribution is 5.77. The van der Waals surface area contributed by atoms with Crippen LogP contribution in [-0.2, 0) is 14.3 Å². The van der Waals surface area contributed by atoms with Crippen LogP contribution in [0.25, 0.3) is 0 Å². The molecular weight excluding hydrogens is 346 g/mol. The van der Waals surface area contributed by atoms with Crippen LogP contribution in [0.4, 0.5) is 8.78 Å². The molecule has 0 amide bonds. The summed E-state index contributed by atoms with van der Waals surface area (Å²) in [6, 6.07) is 0. The van der Waals surface area contributed by atoms with Crippen molar-refractivity contribution in [2.45, 2.75) is 71.2 Å². The Balaban J connectivity index is 1.50. The van der Waals surface area contributed by atoms with Crippen LogP contribution in [0.5, 0.6) is 0 Å². The Morgan fingerprint density at radius 2 is 1.73 bits per heavy atom. The molecule has 150 valence electrons. The van der Waals surface area contributed by atoms with E-state index in [1.807, 2.05) is 0 Å². The van der Waals surface area contributed by atoms with Crippen LogP contribution < -0.4 is 0 Å². The number of carbonyl (C=O) groups is 1. The van der Waals surface area contributed by atoms with Crippen molar-refractivity contribution in [3.8, 4) is 0 Å². The third kappa shape index (κ3) is 3.62. The van der Waals surface area contributed by atoms with Gasteiger partial charge in [0, 0.05) is 0 Å². The van der Waals surface area contributed by atoms with E-state index in [2.05, 4.69) is 4.74 Å². The van der Waals surface area contributed by atoms with Crippen LogP contribution in [0.15, 0.2) is 0 Å². The molecule has 7 heteroatoms. The molecule has 0 spiro atoms. The average Bonchev–Trinajstić information content (AvgIpc) is 2.53. The minimum Gasteiger partial charge on any atom is -0.462 e. The van der Waals surface area contributed by atoms with E-state index in [4.69, 9.17) is 4.74 Å². The third-order valence-corrected chi connectivity index (χ3v) is 6.39. The van der Waals surface area contributed by atoms with Crippen molar-refractivity contribution in [3.05, 3.63) is 0 Å². The second kappa shape index (κ2) is 6.67. The number of hydrogen-bond acceptors (Lipinski definition) is 5. The van der Waals surface area contributed by atoms with Crippen LogP contribution in [0.2, 0.25) is 0 Å². The Morgan fingerprint density at radius 1 is 1.15 bits per heavy atom. The van der Waals surface area contributed by atoms with Gasteiger partial charge in [0.2, 0.25) is 0 Å². The molecule has 3 unspecified atom stereocenters. The Kier molecular flexibility index (Phi) is 5.12. The molecule has 4 aliphatic rings. The highest BCUT2D eigenvalue weighted by atomic mass is 19.3. The van der Waals surface area contributed by atoms with Crippen LogP contribution in [0, 0.1) is 28.6 Å². The fourth-order valence-corrected chi connectivity index (χ4v) is 5.04. The first-order valence-electron chi connectivity index (χ1n) is 9.49. The molecule has 4 aliphatic carbocycles. The summed E-state index contributed by atoms with van der Waals surface area (Å²) in [5.41, 5.74) is -1.96. The Bertz CT molecular complexity index is 529. The van der Waals surface area contributed by atoms with Gasteiger partial charge < -0.3 is 19.7 Å². The van der Waals surface area contributed by atoms with Crippen molar-refractivity contribution in [2.24, 2.45) is 28.6 Å². The number of halogens is 2. The summed E-state index contributed by atoms with van der Waals surface area (Å²) in [6.45, 7) is 3.09. The van der Waals surface area contributed by atoms with Gasteiger partial charge in [-0.3, -0.25) is 4.79 Å². The Labute approximate surface area is 153 Å². The van der Waals surface area contributed by atoms with Crippen molar-refractivity contribution >= 4 is 5.97 Å². The Morgan fingerprint density at radius 3 is 2.27 bits per heavy atom. The number of ether oxygens (including phenoxy) is 2. The molecule has 0 aromatic carbocycles. The first-order valence-corrected chi connectivity index (χ1v) is 9.49. The molecule has 0 heterocycles. The van der Waals surface area contributed by atoms with Crippen molar-refractivity contribution in [1.82, 2.24) is 0 Å². The second-order valence-corrected chi connectivity index (χ2v) is 9.57. The van der Waals surface area contributed by atoms with Gasteiger partial charge in [-0.25, -0.2) is 0 Å². The maximum absolute atomic E-state index is 13.8. The monoisotopic (exact) mass is 376 g/mol. The molecule has 26 heavy (non-hydrogen) atoms. The zero-order chi connectivity index (χ0) is 19.3. The van der Waals surface area contributed by atoms with Crippen molar-refractivity contribution in [3.63, 3.8) is 0 Å². The molecule has 4 rings (SSSR count). The summed E-state index contributed by atoms with van der Waals surface area (Å²) in [5.74, 6) is 0.368. The third-order valence-electron chi connectivity index (χ3n) is 6.39. The maximum atomic E-state index is 13.8. The number of aliphatic hydroxyl groups is 2. The topological polar surface area (TPSA) is 76.0 Å². The number of esters is 1. The van der Waals surface area contributed by atoms with Gasteiger partial charge >= 0.3 is 12.1 Å². The van der Waals surface area contributed by atoms with Gasteiger partial charge in [0.15, 0.2) is 0 Å². The van der Waals surface area contributed by atoms with Gasteiger partial charge in [0.05, 0.1) is 23.5 Å². The molecule has 0 saturated heterocycles. The normalized spacial score (nSPS) is 37.7. The second-order valence-electron chi connectivity index (χ2n) is 9.57. The molecule has 2 N–H and O–H groups in total. The zero-order valence-electron chi connectivity index (χ0n) is 15.7. The van der Waals surface area contributed by atoms with Crippen molar-refractivity contribution in [2.75, 3.05) is 13.2 Å². The summed E-state index contributed by atoms with van der Waals surface area (Å²) >= 11 is 0. The highest BCUT2D eigenvalue weighted by Crippen LogP contribution is 2.60. The molecule has 4 saturated carbocycles. The van der Waals surface area contributed by atoms with Crippen LogP contribution in [-0.4, -0.2) is 47.7 Å². The maximum Gasteiger partial charge on any atom is 0.360 e. The largest absolute Gasteiger partial charge is 0.462 e. The predicted octanol–water partition coefficient (Wildman–Crippen LogP) is 2.73. The quantitative estimate of drug-likeness (QED) is 0.697. The number of rotatable bonds is 6. The van der Waals surface area contributed by atoms with E-state index in [1.54, 1.807) is 0 Å². The molecule has 4 bridgehead atoms. The van der Waals surface area contributed by atoms with Crippen LogP contribution >= 0.6 is 0 Å². The van der Waals surface area contributed by atoms with E-state index >= 15 is 0 Å². The number of aliphatic hydroxyl groups excluding tert-OH is 2. The highest BCUT2D eigenvalue weighted by Gasteiger charge is 2.59. The van der Waals surface area contributed by atoms with Gasteiger partial charge in [0.1, 0.15) is 12.7 Å². The molecule has 0 radical (unpaired) electrons. The lowest BCUT2D eigenvalue weighted by Crippen LogP contribution is -2.56. The summed E-state index contributed by atoms with van der Waals surface area (Å²) in [5, 5.41) is 20.1. The predicted molar refractivity (Wildman–Crippen MR) is 89.3 cm³/mol. The smallest absolute Gasteiger partial charge is 0.360 e. The van der Waals surface area contributed by atoms with Gasteiger partial charge in [0.25, 0.3) is 0 Å². The molecule has 0 aliphatic heterocycles. The SMILES string of the molecule is CC(C)(C)C(F)(F)OCC(O)COC(=O)C12CC3CC(C1)C(O)C(C3)C2. The fraction of sp³-hybridized carbons (Fsp3) is 0.947. The van der Waals surface area contributed by atoms with E-state index in [0.29, 0.717) is 18.8 Å². The number of hydrogen-bond donors (Lipinski definition) is 2. The summed E-state index contributed by atoms with van der Waals surface area (Å²) in [6.07, 6.45) is -1.08. The minimum absolute atomic E-state index is 0.146. The molecule has 0 aromatic rings. The summed E-state index contributed by atoms with van der Waals surface area (Å²) in [7, 11) is 0. The van der Waals surface area contributed by atoms with Gasteiger partial charge in [-0.15, -0.1) is 0 Å². The average molecular weight is 376 g/mol. The number of alkyl halides is 2. The molecule has 0 aromatic heterocycles. The van der Waals surface area contributed by atoms with E-state index in [1.165, 1.54) is 20.8 Å². The van der Waals surface area contributed by atoms with Crippen molar-refractivity contribution < 1.29 is 33.3 Å². The lowest BCUT2D eigenvalue weighted by atomic mass is 9.48. The minimum atomic E-state index is -3.38. The van der Waals surface area contributed by atoms with E-state index < -0.39 is 29.6 Å². The molecule has 4 fully saturated rings. The van der Waals surface area contributed by atoms with Gasteiger partial charge in [-0.1, -0.05) is 20.8 Å². The van der Waals surface area contributed by atoms with Gasteiger partial charge in [-0.05, 0) is 49.9 Å². The first kappa shape index (κ1) is 20.0. The van der Waals surface area contributed by atoms with Crippen molar-refractivity contribution in [1.29, 1.82) is 0 Å². The zero-order valence-corrected chi connectivity index (χ0v) is 15.7. The first-order chi connectivity index (χ1) is 11.9. The summed E-state index contributed by atoms with van der Waals surface area (Å²) in [4.78, 5) is 12.7. The summed E-state index contributed by atoms with van der Waals surface area (Å²) < 4.78 is 37.4. The lowest BCUT2D eigenvalue weighted by Gasteiger charge is -2.57. The molecule has 5 nitrogen and oxygen atoms in total. The van der Waals surface area contributed by atoms with Crippen LogP contribution in [0.3, 0.4) is 0 Å². The standard InChI is InChI=1S/C19H30F2O5/c1-17(2,3)19(20,21)26-10-14(22)9-25-16(24)18-6-11-4-12(7-18)15(23)13(5-11)8-18/h11-15,22-23H,4-10H2,1-3H3. The van der Waals surface area contributed by atoms with E-state index in [-0.39, 0.29) is 30.5 Å². The lowest BCUT2D eigenvalue weighted by molar-refractivity contribution is -0.302. The van der Waals surface area contributed by atoms with Crippen LogP contribution in [0.1, 0.15) is 52.9 Å². The van der Waals surface area contributed by atoms with E-state index in [0.717, 1.165) is 19.3 Å². The van der Waals surface area contributed by atoms with Gasteiger partial charge in [-0.2, -0.15) is 8.78 Å². The molecular formula is C19H30F2O5. The molecule has 3 atom stereocenters. The fourth-order valence-electron chi connectivity index (χ4n) is 5.04.